The van der Waals surface area contributed by atoms with Crippen LogP contribution in [0.1, 0.15) is 28.5 Å². The monoisotopic (exact) mass is 639 g/mol. The smallest absolute Gasteiger partial charge is 0.371 e. The number of nitrogens with zero attached hydrogens (tertiary/aromatic N) is 2. The van der Waals surface area contributed by atoms with Gasteiger partial charge in [-0.2, -0.15) is 13.2 Å². The van der Waals surface area contributed by atoms with Crippen LogP contribution < -0.4 is 9.62 Å². The summed E-state index contributed by atoms with van der Waals surface area (Å²) in [6.07, 6.45) is -2.88. The SMILES string of the molecule is CCOCN(c1cc(Cl)cnc1C(=O)c1ccccc1NCS(C)(=O)=O)S(=O)(=O)c1ccc(Cl)c(C(F)(F)F)c1. The average Bonchev–Trinajstić information content (AvgIpc) is 2.86. The molecule has 16 heteroatoms. The molecule has 0 aliphatic rings. The van der Waals surface area contributed by atoms with Gasteiger partial charge in [-0.3, -0.25) is 4.79 Å². The van der Waals surface area contributed by atoms with Crippen molar-refractivity contribution in [2.45, 2.75) is 18.0 Å². The molecule has 0 radical (unpaired) electrons. The highest BCUT2D eigenvalue weighted by Gasteiger charge is 2.37. The lowest BCUT2D eigenvalue weighted by molar-refractivity contribution is -0.137. The van der Waals surface area contributed by atoms with Crippen molar-refractivity contribution in [2.75, 3.05) is 35.1 Å². The summed E-state index contributed by atoms with van der Waals surface area (Å²) in [5.74, 6) is -1.33. The van der Waals surface area contributed by atoms with Crippen molar-refractivity contribution in [3.05, 3.63) is 81.6 Å². The second kappa shape index (κ2) is 12.3. The van der Waals surface area contributed by atoms with E-state index in [9.17, 15) is 34.8 Å². The van der Waals surface area contributed by atoms with Gasteiger partial charge >= 0.3 is 6.18 Å². The number of carbonyl (C=O) groups is 1. The van der Waals surface area contributed by atoms with E-state index in [-0.39, 0.29) is 28.6 Å². The van der Waals surface area contributed by atoms with E-state index >= 15 is 0 Å². The van der Waals surface area contributed by atoms with Crippen LogP contribution in [-0.2, 0) is 30.8 Å². The number of nitrogens with one attached hydrogen (secondary N) is 1. The van der Waals surface area contributed by atoms with Crippen molar-refractivity contribution in [3.8, 4) is 0 Å². The highest BCUT2D eigenvalue weighted by Crippen LogP contribution is 2.38. The van der Waals surface area contributed by atoms with E-state index in [0.717, 1.165) is 30.7 Å². The van der Waals surface area contributed by atoms with Gasteiger partial charge in [-0.1, -0.05) is 35.3 Å². The van der Waals surface area contributed by atoms with Crippen molar-refractivity contribution in [1.82, 2.24) is 4.98 Å². The Morgan fingerprint density at radius 3 is 2.38 bits per heavy atom. The van der Waals surface area contributed by atoms with Crippen LogP contribution in [0, 0.1) is 0 Å². The molecule has 0 fully saturated rings. The highest BCUT2D eigenvalue weighted by molar-refractivity contribution is 7.92. The van der Waals surface area contributed by atoms with Gasteiger partial charge in [0.25, 0.3) is 10.0 Å². The zero-order valence-electron chi connectivity index (χ0n) is 20.9. The summed E-state index contributed by atoms with van der Waals surface area (Å²) in [5, 5.41) is 1.85. The van der Waals surface area contributed by atoms with Crippen LogP contribution in [0.2, 0.25) is 10.0 Å². The molecule has 0 aliphatic carbocycles. The van der Waals surface area contributed by atoms with E-state index in [1.165, 1.54) is 18.2 Å². The molecule has 0 saturated heterocycles. The molecule has 3 aromatic rings. The molecule has 216 valence electrons. The largest absolute Gasteiger partial charge is 0.417 e. The van der Waals surface area contributed by atoms with Gasteiger partial charge in [0.1, 0.15) is 18.3 Å². The minimum atomic E-state index is -4.95. The number of ketones is 1. The van der Waals surface area contributed by atoms with E-state index in [0.29, 0.717) is 10.4 Å². The summed E-state index contributed by atoms with van der Waals surface area (Å²) in [4.78, 5) is 16.9. The van der Waals surface area contributed by atoms with Gasteiger partial charge in [0, 0.05) is 30.3 Å². The number of carbonyl (C=O) groups excluding carboxylic acids is 1. The lowest BCUT2D eigenvalue weighted by Crippen LogP contribution is -2.35. The first kappa shape index (κ1) is 31.6. The number of sulfone groups is 1. The van der Waals surface area contributed by atoms with E-state index in [1.807, 2.05) is 0 Å². The number of halogens is 5. The maximum Gasteiger partial charge on any atom is 0.417 e. The Bertz CT molecular complexity index is 1630. The molecule has 1 aromatic heterocycles. The molecule has 0 unspecified atom stereocenters. The Morgan fingerprint density at radius 2 is 1.75 bits per heavy atom. The fourth-order valence-corrected chi connectivity index (χ4v) is 5.58. The van der Waals surface area contributed by atoms with E-state index in [2.05, 4.69) is 10.3 Å². The van der Waals surface area contributed by atoms with Crippen LogP contribution in [0.15, 0.2) is 59.6 Å². The molecule has 0 amide bonds. The lowest BCUT2D eigenvalue weighted by atomic mass is 10.0. The Hall–Kier alpha value is -2.91. The highest BCUT2D eigenvalue weighted by atomic mass is 35.5. The molecule has 1 heterocycles. The lowest BCUT2D eigenvalue weighted by Gasteiger charge is -2.26. The summed E-state index contributed by atoms with van der Waals surface area (Å²) in [7, 11) is -8.30. The quantitative estimate of drug-likeness (QED) is 0.223. The zero-order valence-corrected chi connectivity index (χ0v) is 24.0. The van der Waals surface area contributed by atoms with Crippen LogP contribution >= 0.6 is 23.2 Å². The molecule has 0 aliphatic heterocycles. The number of para-hydroxylation sites is 1. The summed E-state index contributed by atoms with van der Waals surface area (Å²) in [6, 6.07) is 9.00. The number of aromatic nitrogens is 1. The average molecular weight is 640 g/mol. The number of benzene rings is 2. The predicted molar refractivity (Wildman–Crippen MR) is 145 cm³/mol. The Kier molecular flexibility index (Phi) is 9.73. The summed E-state index contributed by atoms with van der Waals surface area (Å²) >= 11 is 11.8. The fourth-order valence-electron chi connectivity index (χ4n) is 3.42. The number of hydrogen-bond acceptors (Lipinski definition) is 8. The topological polar surface area (TPSA) is 123 Å². The molecule has 0 saturated carbocycles. The molecule has 1 N–H and O–H groups in total. The van der Waals surface area contributed by atoms with Crippen LogP contribution in [0.5, 0.6) is 0 Å². The summed E-state index contributed by atoms with van der Waals surface area (Å²) in [5.41, 5.74) is -2.13. The van der Waals surface area contributed by atoms with Gasteiger partial charge in [0.15, 0.2) is 9.84 Å². The number of hydrogen-bond donors (Lipinski definition) is 1. The molecule has 0 atom stereocenters. The maximum absolute atomic E-state index is 13.7. The van der Waals surface area contributed by atoms with Crippen LogP contribution in [0.4, 0.5) is 24.5 Å². The molecular formula is C24H22Cl2F3N3O6S2. The first-order valence-electron chi connectivity index (χ1n) is 11.2. The van der Waals surface area contributed by atoms with E-state index in [1.54, 1.807) is 13.0 Å². The van der Waals surface area contributed by atoms with Gasteiger partial charge in [0.2, 0.25) is 5.78 Å². The van der Waals surface area contributed by atoms with Crippen molar-refractivity contribution in [1.29, 1.82) is 0 Å². The molecule has 3 rings (SSSR count). The second-order valence-electron chi connectivity index (χ2n) is 8.26. The number of pyridine rings is 1. The van der Waals surface area contributed by atoms with Crippen molar-refractivity contribution in [2.24, 2.45) is 0 Å². The normalized spacial score (nSPS) is 12.3. The van der Waals surface area contributed by atoms with Gasteiger partial charge in [-0.15, -0.1) is 0 Å². The Labute approximate surface area is 238 Å². The molecule has 40 heavy (non-hydrogen) atoms. The minimum Gasteiger partial charge on any atom is -0.371 e. The minimum absolute atomic E-state index is 0.00988. The number of ether oxygens (including phenoxy) is 1. The summed E-state index contributed by atoms with van der Waals surface area (Å²) < 4.78 is 97.1. The third kappa shape index (κ3) is 7.43. The van der Waals surface area contributed by atoms with Crippen molar-refractivity contribution in [3.63, 3.8) is 0 Å². The van der Waals surface area contributed by atoms with Gasteiger partial charge in [-0.25, -0.2) is 26.1 Å². The Morgan fingerprint density at radius 1 is 1.07 bits per heavy atom. The maximum atomic E-state index is 13.7. The number of anilines is 2. The number of rotatable bonds is 11. The summed E-state index contributed by atoms with van der Waals surface area (Å²) in [6.45, 7) is 0.857. The third-order valence-electron chi connectivity index (χ3n) is 5.26. The van der Waals surface area contributed by atoms with Crippen LogP contribution in [0.25, 0.3) is 0 Å². The van der Waals surface area contributed by atoms with E-state index < -0.39 is 65.6 Å². The van der Waals surface area contributed by atoms with Crippen molar-refractivity contribution < 1.29 is 39.5 Å². The van der Waals surface area contributed by atoms with Gasteiger partial charge in [-0.05, 0) is 43.3 Å². The van der Waals surface area contributed by atoms with E-state index in [4.69, 9.17) is 27.9 Å². The fraction of sp³-hybridized carbons (Fsp3) is 0.250. The second-order valence-corrected chi connectivity index (χ2v) is 13.1. The molecular weight excluding hydrogens is 618 g/mol. The van der Waals surface area contributed by atoms with Gasteiger partial charge < -0.3 is 10.1 Å². The standard InChI is InChI=1S/C24H22Cl2F3N3O6S2/c1-3-38-14-32(40(36,37)16-8-9-19(26)18(11-16)24(27,28)29)21-10-15(25)12-30-22(21)23(33)17-6-4-5-7-20(17)31-13-39(2,34)35/h4-12,31H,3,13-14H2,1-2H3. The first-order chi connectivity index (χ1) is 18.6. The first-order valence-corrected chi connectivity index (χ1v) is 15.5. The zero-order chi connectivity index (χ0) is 29.9. The molecule has 0 bridgehead atoms. The predicted octanol–water partition coefficient (Wildman–Crippen LogP) is 5.24. The third-order valence-corrected chi connectivity index (χ3v) is 8.20. The van der Waals surface area contributed by atoms with Crippen LogP contribution in [0.3, 0.4) is 0 Å². The van der Waals surface area contributed by atoms with Gasteiger partial charge in [0.05, 0.1) is 26.2 Å². The Balaban J connectivity index is 2.19. The van der Waals surface area contributed by atoms with Crippen molar-refractivity contribution >= 4 is 60.2 Å². The molecule has 0 spiro atoms. The number of alkyl halides is 3. The van der Waals surface area contributed by atoms with Crippen LogP contribution in [-0.4, -0.2) is 53.1 Å². The molecule has 9 nitrogen and oxygen atoms in total. The number of sulfonamides is 1. The molecule has 2 aromatic carbocycles.